The van der Waals surface area contributed by atoms with Crippen LogP contribution in [0.3, 0.4) is 0 Å². The van der Waals surface area contributed by atoms with Crippen molar-refractivity contribution in [2.24, 2.45) is 0 Å². The van der Waals surface area contributed by atoms with Gasteiger partial charge < -0.3 is 4.74 Å². The van der Waals surface area contributed by atoms with E-state index in [0.717, 1.165) is 4.90 Å². The second kappa shape index (κ2) is 5.29. The zero-order valence-corrected chi connectivity index (χ0v) is 7.99. The van der Waals surface area contributed by atoms with Crippen molar-refractivity contribution in [3.8, 4) is 0 Å². The maximum absolute atomic E-state index is 11.1. The van der Waals surface area contributed by atoms with Crippen molar-refractivity contribution in [2.75, 3.05) is 13.7 Å². The van der Waals surface area contributed by atoms with Gasteiger partial charge in [-0.25, -0.2) is 0 Å². The molecule has 0 aromatic rings. The maximum Gasteiger partial charge on any atom is 0.315 e. The first-order valence-corrected chi connectivity index (χ1v) is 3.91. The van der Waals surface area contributed by atoms with Crippen molar-refractivity contribution in [2.45, 2.75) is 20.3 Å². The van der Waals surface area contributed by atoms with Crippen molar-refractivity contribution >= 4 is 17.8 Å². The number of amides is 2. The minimum atomic E-state index is -0.611. The number of rotatable bonds is 3. The van der Waals surface area contributed by atoms with Crippen LogP contribution >= 0.6 is 0 Å². The molecule has 0 fully saturated rings. The summed E-state index contributed by atoms with van der Waals surface area (Å²) in [6.45, 7) is 3.13. The predicted molar refractivity (Wildman–Crippen MR) is 44.7 cm³/mol. The number of hydrogen-bond donors (Lipinski definition) is 0. The maximum atomic E-state index is 11.1. The molecule has 13 heavy (non-hydrogen) atoms. The summed E-state index contributed by atoms with van der Waals surface area (Å²) in [6, 6.07) is 0. The van der Waals surface area contributed by atoms with Crippen molar-refractivity contribution in [3.05, 3.63) is 0 Å². The highest BCUT2D eigenvalue weighted by Gasteiger charge is 2.16. The Balaban J connectivity index is 4.00. The fourth-order valence-electron chi connectivity index (χ4n) is 0.630. The molecule has 0 saturated carbocycles. The van der Waals surface area contributed by atoms with Crippen LogP contribution in [0.1, 0.15) is 20.3 Å². The lowest BCUT2D eigenvalue weighted by Gasteiger charge is -2.11. The predicted octanol–water partition coefficient (Wildman–Crippen LogP) is -0.0555. The van der Waals surface area contributed by atoms with Crippen LogP contribution in [-0.4, -0.2) is 36.3 Å². The summed E-state index contributed by atoms with van der Waals surface area (Å²) >= 11 is 0. The van der Waals surface area contributed by atoms with Gasteiger partial charge in [0.05, 0.1) is 6.61 Å². The Hall–Kier alpha value is -1.39. The third-order valence-electron chi connectivity index (χ3n) is 1.45. The van der Waals surface area contributed by atoms with E-state index < -0.39 is 17.8 Å². The quantitative estimate of drug-likeness (QED) is 0.459. The molecule has 2 amide bonds. The van der Waals surface area contributed by atoms with Gasteiger partial charge in [-0.3, -0.25) is 19.3 Å². The highest BCUT2D eigenvalue weighted by Crippen LogP contribution is 1.94. The van der Waals surface area contributed by atoms with Crippen molar-refractivity contribution in [1.82, 2.24) is 4.90 Å². The molecule has 0 atom stereocenters. The molecule has 0 unspecified atom stereocenters. The summed E-state index contributed by atoms with van der Waals surface area (Å²) in [7, 11) is 1.32. The number of esters is 1. The van der Waals surface area contributed by atoms with Gasteiger partial charge in [-0.1, -0.05) is 0 Å². The Kier molecular flexibility index (Phi) is 4.72. The van der Waals surface area contributed by atoms with Gasteiger partial charge >= 0.3 is 5.97 Å². The molecule has 0 aliphatic heterocycles. The van der Waals surface area contributed by atoms with Gasteiger partial charge in [0.25, 0.3) is 0 Å². The van der Waals surface area contributed by atoms with Gasteiger partial charge in [0.15, 0.2) is 0 Å². The lowest BCUT2D eigenvalue weighted by atomic mass is 10.4. The first-order valence-electron chi connectivity index (χ1n) is 3.91. The van der Waals surface area contributed by atoms with Gasteiger partial charge in [-0.15, -0.1) is 0 Å². The summed E-state index contributed by atoms with van der Waals surface area (Å²) in [5.74, 6) is -1.55. The number of carbonyl (C=O) groups is 3. The summed E-state index contributed by atoms with van der Waals surface area (Å²) in [5, 5.41) is 0. The summed E-state index contributed by atoms with van der Waals surface area (Å²) in [6.07, 6.45) is -0.385. The van der Waals surface area contributed by atoms with E-state index in [0.29, 0.717) is 0 Å². The average Bonchev–Trinajstić information content (AvgIpc) is 2.03. The standard InChI is InChI=1S/C8H13NO4/c1-4-13-8(12)5-7(11)9(3)6(2)10/h4-5H2,1-3H3. The third kappa shape index (κ3) is 4.25. The Morgan fingerprint density at radius 3 is 2.23 bits per heavy atom. The molecule has 0 aliphatic carbocycles. The molecule has 0 rings (SSSR count). The first-order chi connectivity index (χ1) is 5.99. The summed E-state index contributed by atoms with van der Waals surface area (Å²) < 4.78 is 4.54. The lowest BCUT2D eigenvalue weighted by Crippen LogP contribution is -2.32. The summed E-state index contributed by atoms with van der Waals surface area (Å²) in [4.78, 5) is 33.4. The molecule has 0 N–H and O–H groups in total. The van der Waals surface area contributed by atoms with Crippen LogP contribution in [0.4, 0.5) is 0 Å². The van der Waals surface area contributed by atoms with Crippen LogP contribution in [0, 0.1) is 0 Å². The molecule has 0 bridgehead atoms. The number of ether oxygens (including phenoxy) is 1. The fourth-order valence-corrected chi connectivity index (χ4v) is 0.630. The van der Waals surface area contributed by atoms with E-state index in [2.05, 4.69) is 4.74 Å². The normalized spacial score (nSPS) is 9.15. The van der Waals surface area contributed by atoms with Gasteiger partial charge in [0.1, 0.15) is 6.42 Å². The molecule has 0 aromatic heterocycles. The number of hydrogen-bond acceptors (Lipinski definition) is 4. The van der Waals surface area contributed by atoms with E-state index in [9.17, 15) is 14.4 Å². The SMILES string of the molecule is CCOC(=O)CC(=O)N(C)C(C)=O. The van der Waals surface area contributed by atoms with Crippen molar-refractivity contribution in [3.63, 3.8) is 0 Å². The molecule has 5 nitrogen and oxygen atoms in total. The zero-order valence-electron chi connectivity index (χ0n) is 7.99. The second-order valence-electron chi connectivity index (χ2n) is 2.45. The highest BCUT2D eigenvalue weighted by molar-refractivity contribution is 6.01. The second-order valence-corrected chi connectivity index (χ2v) is 2.45. The smallest absolute Gasteiger partial charge is 0.315 e. The van der Waals surface area contributed by atoms with Crippen LogP contribution in [-0.2, 0) is 19.1 Å². The van der Waals surface area contributed by atoms with E-state index in [1.165, 1.54) is 14.0 Å². The molecule has 0 saturated heterocycles. The Morgan fingerprint density at radius 2 is 1.85 bits per heavy atom. The van der Waals surface area contributed by atoms with E-state index in [-0.39, 0.29) is 13.0 Å². The summed E-state index contributed by atoms with van der Waals surface area (Å²) in [5.41, 5.74) is 0. The molecule has 0 heterocycles. The molecule has 5 heteroatoms. The fraction of sp³-hybridized carbons (Fsp3) is 0.625. The molecule has 0 spiro atoms. The number of nitrogens with zero attached hydrogens (tertiary/aromatic N) is 1. The first kappa shape index (κ1) is 11.6. The molecular weight excluding hydrogens is 174 g/mol. The van der Waals surface area contributed by atoms with Crippen LogP contribution < -0.4 is 0 Å². The van der Waals surface area contributed by atoms with Crippen molar-refractivity contribution < 1.29 is 19.1 Å². The van der Waals surface area contributed by atoms with E-state index in [4.69, 9.17) is 0 Å². The minimum absolute atomic E-state index is 0.232. The van der Waals surface area contributed by atoms with Crippen LogP contribution in [0.15, 0.2) is 0 Å². The minimum Gasteiger partial charge on any atom is -0.466 e. The van der Waals surface area contributed by atoms with Gasteiger partial charge in [-0.05, 0) is 6.92 Å². The highest BCUT2D eigenvalue weighted by atomic mass is 16.5. The number of carbonyl (C=O) groups excluding carboxylic acids is 3. The van der Waals surface area contributed by atoms with Gasteiger partial charge in [-0.2, -0.15) is 0 Å². The third-order valence-corrected chi connectivity index (χ3v) is 1.45. The van der Waals surface area contributed by atoms with Crippen LogP contribution in [0.25, 0.3) is 0 Å². The van der Waals surface area contributed by atoms with Gasteiger partial charge in [0.2, 0.25) is 11.8 Å². The van der Waals surface area contributed by atoms with Gasteiger partial charge in [0, 0.05) is 14.0 Å². The van der Waals surface area contributed by atoms with Crippen molar-refractivity contribution in [1.29, 1.82) is 0 Å². The van der Waals surface area contributed by atoms with Crippen LogP contribution in [0.5, 0.6) is 0 Å². The monoisotopic (exact) mass is 187 g/mol. The lowest BCUT2D eigenvalue weighted by molar-refractivity contribution is -0.150. The molecule has 0 aliphatic rings. The molecular formula is C8H13NO4. The zero-order chi connectivity index (χ0) is 10.4. The Morgan fingerprint density at radius 1 is 1.31 bits per heavy atom. The Bertz CT molecular complexity index is 224. The molecule has 74 valence electrons. The number of imide groups is 1. The largest absolute Gasteiger partial charge is 0.466 e. The van der Waals surface area contributed by atoms with E-state index >= 15 is 0 Å². The van der Waals surface area contributed by atoms with Crippen LogP contribution in [0.2, 0.25) is 0 Å². The molecule has 0 radical (unpaired) electrons. The Labute approximate surface area is 76.7 Å². The van der Waals surface area contributed by atoms with E-state index in [1.807, 2.05) is 0 Å². The topological polar surface area (TPSA) is 63.7 Å². The average molecular weight is 187 g/mol. The van der Waals surface area contributed by atoms with E-state index in [1.54, 1.807) is 6.92 Å². The molecule has 0 aromatic carbocycles.